The standard InChI is InChI=1S/C14H10N2O/c15-9-14(7-12(17)8-14)11-3-4-13-10(6-11)2-1-5-16-13/h1-6H,7-8H2. The molecule has 3 rings (SSSR count). The van der Waals surface area contributed by atoms with Gasteiger partial charge in [-0.2, -0.15) is 5.26 Å². The number of rotatable bonds is 1. The third kappa shape index (κ3) is 1.42. The van der Waals surface area contributed by atoms with Crippen LogP contribution in [0.15, 0.2) is 36.5 Å². The molecule has 0 aliphatic heterocycles. The van der Waals surface area contributed by atoms with E-state index in [-0.39, 0.29) is 5.78 Å². The summed E-state index contributed by atoms with van der Waals surface area (Å²) in [5.41, 5.74) is 1.25. The molecule has 1 aromatic carbocycles. The number of aromatic nitrogens is 1. The predicted octanol–water partition coefficient (Wildman–Crippen LogP) is 2.36. The Morgan fingerprint density at radius 3 is 2.82 bits per heavy atom. The Hall–Kier alpha value is -2.21. The van der Waals surface area contributed by atoms with Crippen LogP contribution in [0.5, 0.6) is 0 Å². The van der Waals surface area contributed by atoms with Gasteiger partial charge in [-0.1, -0.05) is 12.1 Å². The van der Waals surface area contributed by atoms with Crippen LogP contribution in [0.4, 0.5) is 0 Å². The molecule has 3 heteroatoms. The van der Waals surface area contributed by atoms with Crippen LogP contribution in [0.2, 0.25) is 0 Å². The Bertz CT molecular complexity index is 647. The van der Waals surface area contributed by atoms with Gasteiger partial charge in [-0.15, -0.1) is 0 Å². The normalized spacial score (nSPS) is 17.5. The summed E-state index contributed by atoms with van der Waals surface area (Å²) in [6, 6.07) is 11.9. The number of ketones is 1. The fraction of sp³-hybridized carbons (Fsp3) is 0.214. The van der Waals surface area contributed by atoms with Crippen molar-refractivity contribution in [2.45, 2.75) is 18.3 Å². The van der Waals surface area contributed by atoms with Crippen molar-refractivity contribution < 1.29 is 4.79 Å². The number of hydrogen-bond acceptors (Lipinski definition) is 3. The van der Waals surface area contributed by atoms with E-state index in [1.165, 1.54) is 0 Å². The van der Waals surface area contributed by atoms with Crippen LogP contribution in [0.25, 0.3) is 10.9 Å². The van der Waals surface area contributed by atoms with Crippen molar-refractivity contribution >= 4 is 16.7 Å². The second-order valence-corrected chi connectivity index (χ2v) is 4.50. The molecule has 82 valence electrons. The summed E-state index contributed by atoms with van der Waals surface area (Å²) >= 11 is 0. The summed E-state index contributed by atoms with van der Waals surface area (Å²) in [5, 5.41) is 10.3. The van der Waals surface area contributed by atoms with Gasteiger partial charge in [-0.05, 0) is 23.8 Å². The minimum absolute atomic E-state index is 0.165. The van der Waals surface area contributed by atoms with Gasteiger partial charge < -0.3 is 0 Å². The van der Waals surface area contributed by atoms with Gasteiger partial charge in [0, 0.05) is 24.4 Å². The molecule has 1 aliphatic rings. The molecule has 0 saturated heterocycles. The molecule has 2 aromatic rings. The number of benzene rings is 1. The van der Waals surface area contributed by atoms with Gasteiger partial charge in [0.05, 0.1) is 17.0 Å². The van der Waals surface area contributed by atoms with Crippen molar-refractivity contribution in [2.75, 3.05) is 0 Å². The number of carbonyl (C=O) groups is 1. The molecule has 17 heavy (non-hydrogen) atoms. The zero-order valence-electron chi connectivity index (χ0n) is 9.18. The highest BCUT2D eigenvalue weighted by atomic mass is 16.1. The first kappa shape index (κ1) is 9.98. The molecule has 1 heterocycles. The van der Waals surface area contributed by atoms with Gasteiger partial charge in [0.1, 0.15) is 5.78 Å². The molecule has 0 spiro atoms. The SMILES string of the molecule is N#CC1(c2ccc3ncccc3c2)CC(=O)C1. The van der Waals surface area contributed by atoms with E-state index in [0.29, 0.717) is 12.8 Å². The third-order valence-corrected chi connectivity index (χ3v) is 3.37. The maximum absolute atomic E-state index is 11.1. The number of hydrogen-bond donors (Lipinski definition) is 0. The summed E-state index contributed by atoms with van der Waals surface area (Å²) in [6.45, 7) is 0. The van der Waals surface area contributed by atoms with Crippen molar-refractivity contribution in [3.63, 3.8) is 0 Å². The lowest BCUT2D eigenvalue weighted by Gasteiger charge is -2.34. The first-order chi connectivity index (χ1) is 8.23. The predicted molar refractivity (Wildman–Crippen MR) is 63.3 cm³/mol. The van der Waals surface area contributed by atoms with Gasteiger partial charge in [-0.3, -0.25) is 9.78 Å². The second kappa shape index (κ2) is 3.39. The monoisotopic (exact) mass is 222 g/mol. The molecular formula is C14H10N2O. The highest BCUT2D eigenvalue weighted by Crippen LogP contribution is 2.41. The lowest BCUT2D eigenvalue weighted by molar-refractivity contribution is -0.126. The van der Waals surface area contributed by atoms with Crippen LogP contribution in [0.1, 0.15) is 18.4 Å². The maximum atomic E-state index is 11.1. The van der Waals surface area contributed by atoms with E-state index in [2.05, 4.69) is 11.1 Å². The Balaban J connectivity index is 2.13. The van der Waals surface area contributed by atoms with E-state index < -0.39 is 5.41 Å². The van der Waals surface area contributed by atoms with Crippen LogP contribution in [0, 0.1) is 11.3 Å². The number of nitrogens with zero attached hydrogens (tertiary/aromatic N) is 2. The quantitative estimate of drug-likeness (QED) is 0.744. The molecule has 0 amide bonds. The van der Waals surface area contributed by atoms with Gasteiger partial charge in [0.25, 0.3) is 0 Å². The molecule has 0 unspecified atom stereocenters. The fourth-order valence-corrected chi connectivity index (χ4v) is 2.34. The summed E-state index contributed by atoms with van der Waals surface area (Å²) in [5.74, 6) is 0.165. The molecule has 1 saturated carbocycles. The number of Topliss-reactive ketones (excluding diaryl/α,β-unsaturated/α-hetero) is 1. The van der Waals surface area contributed by atoms with Crippen LogP contribution in [-0.4, -0.2) is 10.8 Å². The molecule has 0 bridgehead atoms. The molecule has 0 atom stereocenters. The van der Waals surface area contributed by atoms with Crippen molar-refractivity contribution in [2.24, 2.45) is 0 Å². The van der Waals surface area contributed by atoms with Crippen molar-refractivity contribution in [1.82, 2.24) is 4.98 Å². The first-order valence-electron chi connectivity index (χ1n) is 5.52. The minimum Gasteiger partial charge on any atom is -0.300 e. The third-order valence-electron chi connectivity index (χ3n) is 3.37. The Morgan fingerprint density at radius 1 is 1.29 bits per heavy atom. The van der Waals surface area contributed by atoms with Crippen molar-refractivity contribution in [3.8, 4) is 6.07 Å². The summed E-state index contributed by atoms with van der Waals surface area (Å²) in [6.07, 6.45) is 2.43. The Morgan fingerprint density at radius 2 is 2.12 bits per heavy atom. The zero-order valence-corrected chi connectivity index (χ0v) is 9.18. The topological polar surface area (TPSA) is 53.8 Å². The van der Waals surface area contributed by atoms with Crippen LogP contribution >= 0.6 is 0 Å². The summed E-state index contributed by atoms with van der Waals surface area (Å²) in [4.78, 5) is 15.4. The molecular weight excluding hydrogens is 212 g/mol. The first-order valence-corrected chi connectivity index (χ1v) is 5.52. The molecule has 1 aliphatic carbocycles. The highest BCUT2D eigenvalue weighted by molar-refractivity contribution is 5.91. The van der Waals surface area contributed by atoms with E-state index in [1.807, 2.05) is 30.3 Å². The molecule has 1 fully saturated rings. The smallest absolute Gasteiger partial charge is 0.136 e. The van der Waals surface area contributed by atoms with E-state index in [0.717, 1.165) is 16.5 Å². The molecule has 0 radical (unpaired) electrons. The Labute approximate surface area is 98.7 Å². The highest BCUT2D eigenvalue weighted by Gasteiger charge is 2.45. The number of nitriles is 1. The van der Waals surface area contributed by atoms with Crippen molar-refractivity contribution in [1.29, 1.82) is 5.26 Å². The molecule has 0 N–H and O–H groups in total. The lowest BCUT2D eigenvalue weighted by atomic mass is 9.64. The van der Waals surface area contributed by atoms with Crippen LogP contribution in [0.3, 0.4) is 0 Å². The van der Waals surface area contributed by atoms with Gasteiger partial charge in [0.2, 0.25) is 0 Å². The average molecular weight is 222 g/mol. The van der Waals surface area contributed by atoms with Gasteiger partial charge in [0.15, 0.2) is 0 Å². The van der Waals surface area contributed by atoms with Gasteiger partial charge >= 0.3 is 0 Å². The van der Waals surface area contributed by atoms with E-state index in [1.54, 1.807) is 6.20 Å². The number of carbonyl (C=O) groups excluding carboxylic acids is 1. The van der Waals surface area contributed by atoms with E-state index >= 15 is 0 Å². The van der Waals surface area contributed by atoms with E-state index in [4.69, 9.17) is 0 Å². The lowest BCUT2D eigenvalue weighted by Crippen LogP contribution is -2.40. The molecule has 3 nitrogen and oxygen atoms in total. The number of pyridine rings is 1. The second-order valence-electron chi connectivity index (χ2n) is 4.50. The largest absolute Gasteiger partial charge is 0.300 e. The van der Waals surface area contributed by atoms with E-state index in [9.17, 15) is 10.1 Å². The fourth-order valence-electron chi connectivity index (χ4n) is 2.34. The van der Waals surface area contributed by atoms with Crippen LogP contribution < -0.4 is 0 Å². The molecule has 1 aromatic heterocycles. The average Bonchev–Trinajstić information content (AvgIpc) is 2.34. The minimum atomic E-state index is -0.596. The summed E-state index contributed by atoms with van der Waals surface area (Å²) in [7, 11) is 0. The summed E-state index contributed by atoms with van der Waals surface area (Å²) < 4.78 is 0. The zero-order chi connectivity index (χ0) is 11.9. The van der Waals surface area contributed by atoms with Gasteiger partial charge in [-0.25, -0.2) is 0 Å². The van der Waals surface area contributed by atoms with Crippen molar-refractivity contribution in [3.05, 3.63) is 42.1 Å². The van der Waals surface area contributed by atoms with Crippen LogP contribution in [-0.2, 0) is 10.2 Å². The maximum Gasteiger partial charge on any atom is 0.136 e. The number of fused-ring (bicyclic) bond motifs is 1. The Kier molecular flexibility index (Phi) is 1.99.